The molecule has 0 bridgehead atoms. The van der Waals surface area contributed by atoms with Crippen LogP contribution in [0.25, 0.3) is 0 Å². The average Bonchev–Trinajstić information content (AvgIpc) is 3.34. The quantitative estimate of drug-likeness (QED) is 0.167. The molecule has 3 aliphatic rings. The fourth-order valence-electron chi connectivity index (χ4n) is 7.62. The average molecular weight is 771 g/mol. The van der Waals surface area contributed by atoms with Gasteiger partial charge in [0.05, 0.1) is 36.0 Å². The number of carbonyl (C=O) groups excluding carboxylic acids is 2. The van der Waals surface area contributed by atoms with E-state index in [1.54, 1.807) is 18.2 Å². The van der Waals surface area contributed by atoms with Crippen LogP contribution in [-0.2, 0) is 20.9 Å². The van der Waals surface area contributed by atoms with Crippen molar-refractivity contribution >= 4 is 34.4 Å². The summed E-state index contributed by atoms with van der Waals surface area (Å²) in [5, 5.41) is 33.9. The van der Waals surface area contributed by atoms with E-state index in [2.05, 4.69) is 48.7 Å². The molecule has 0 radical (unpaired) electrons. The van der Waals surface area contributed by atoms with E-state index in [1.165, 1.54) is 13.5 Å². The Morgan fingerprint density at radius 1 is 1.09 bits per heavy atom. The molecule has 4 N–H and O–H groups in total. The molecule has 47 heavy (non-hydrogen) atoms. The molecule has 10 nitrogen and oxygen atoms in total. The van der Waals surface area contributed by atoms with Gasteiger partial charge in [-0.15, -0.1) is 0 Å². The van der Waals surface area contributed by atoms with Crippen molar-refractivity contribution in [2.45, 2.75) is 122 Å². The van der Waals surface area contributed by atoms with Crippen molar-refractivity contribution in [2.24, 2.45) is 17.8 Å². The van der Waals surface area contributed by atoms with Gasteiger partial charge in [0.1, 0.15) is 18.8 Å². The number of benzene rings is 1. The maximum Gasteiger partial charge on any atom is 0.249 e. The minimum atomic E-state index is -1.15. The van der Waals surface area contributed by atoms with Crippen molar-refractivity contribution in [3.05, 3.63) is 32.9 Å². The molecule has 4 rings (SSSR count). The lowest BCUT2D eigenvalue weighted by Gasteiger charge is -2.44. The molecule has 1 aromatic rings. The summed E-state index contributed by atoms with van der Waals surface area (Å²) in [6.45, 7) is 6.31. The number of nitrogens with one attached hydrogen (secondary N) is 1. The number of hydrogen-bond acceptors (Lipinski definition) is 8. The second-order valence-electron chi connectivity index (χ2n) is 13.9. The molecular formula is C36H55IN2O8. The first-order valence-electron chi connectivity index (χ1n) is 17.4. The topological polar surface area (TPSA) is 138 Å². The normalized spacial score (nSPS) is 27.1. The molecule has 2 fully saturated rings. The first-order valence-corrected chi connectivity index (χ1v) is 18.5. The van der Waals surface area contributed by atoms with E-state index < -0.39 is 18.2 Å². The lowest BCUT2D eigenvalue weighted by Crippen LogP contribution is -2.59. The van der Waals surface area contributed by atoms with Crippen LogP contribution in [0, 0.1) is 21.3 Å². The summed E-state index contributed by atoms with van der Waals surface area (Å²) < 4.78 is 19.2. The third-order valence-corrected chi connectivity index (χ3v) is 11.0. The van der Waals surface area contributed by atoms with Gasteiger partial charge in [-0.1, -0.05) is 52.9 Å². The number of aliphatic hydroxyl groups is 3. The van der Waals surface area contributed by atoms with E-state index in [0.29, 0.717) is 44.0 Å². The van der Waals surface area contributed by atoms with Crippen LogP contribution in [0.2, 0.25) is 0 Å². The van der Waals surface area contributed by atoms with E-state index in [0.717, 1.165) is 51.4 Å². The summed E-state index contributed by atoms with van der Waals surface area (Å²) in [7, 11) is 1.51. The molecule has 11 heteroatoms. The van der Waals surface area contributed by atoms with Gasteiger partial charge in [0.25, 0.3) is 0 Å². The molecule has 3 aliphatic carbocycles. The Morgan fingerprint density at radius 3 is 2.45 bits per heavy atom. The van der Waals surface area contributed by atoms with E-state index in [4.69, 9.17) is 14.2 Å². The van der Waals surface area contributed by atoms with Crippen LogP contribution in [0.3, 0.4) is 0 Å². The Labute approximate surface area is 293 Å². The summed E-state index contributed by atoms with van der Waals surface area (Å²) in [5.74, 6) is 1.61. The van der Waals surface area contributed by atoms with Crippen molar-refractivity contribution in [2.75, 3.05) is 26.9 Å². The third-order valence-electron chi connectivity index (χ3n) is 10.2. The molecule has 1 aromatic carbocycles. The molecule has 0 aliphatic heterocycles. The molecule has 2 amide bonds. The molecule has 0 aromatic heterocycles. The monoisotopic (exact) mass is 770 g/mol. The summed E-state index contributed by atoms with van der Waals surface area (Å²) >= 11 is 2.10. The fourth-order valence-corrected chi connectivity index (χ4v) is 8.41. The lowest BCUT2D eigenvalue weighted by molar-refractivity contribution is -0.152. The van der Waals surface area contributed by atoms with Crippen molar-refractivity contribution in [3.63, 3.8) is 0 Å². The highest BCUT2D eigenvalue weighted by Crippen LogP contribution is 2.39. The number of nitrogens with zero attached hydrogens (tertiary/aromatic N) is 1. The van der Waals surface area contributed by atoms with Gasteiger partial charge in [0, 0.05) is 24.6 Å². The summed E-state index contributed by atoms with van der Waals surface area (Å²) in [5.41, 5.74) is 1.03. The van der Waals surface area contributed by atoms with Crippen LogP contribution in [0.5, 0.6) is 11.5 Å². The SMILES string of the molecule is COc1cc(CO)cc(I)c1OC1C=C(C(=O)NCCO)CC(N(C(=O)COC2CC(C)CCC2C(C)C)C2CCCCCC2)C1O. The fraction of sp³-hybridized carbons (Fsp3) is 0.722. The van der Waals surface area contributed by atoms with Gasteiger partial charge in [-0.2, -0.15) is 0 Å². The maximum atomic E-state index is 14.4. The minimum Gasteiger partial charge on any atom is -0.493 e. The van der Waals surface area contributed by atoms with E-state index in [-0.39, 0.29) is 56.7 Å². The van der Waals surface area contributed by atoms with E-state index >= 15 is 0 Å². The Morgan fingerprint density at radius 2 is 1.81 bits per heavy atom. The second-order valence-corrected chi connectivity index (χ2v) is 15.1. The molecule has 6 unspecified atom stereocenters. The van der Waals surface area contributed by atoms with Crippen molar-refractivity contribution < 1.29 is 39.1 Å². The summed E-state index contributed by atoms with van der Waals surface area (Å²) in [6.07, 6.45) is 8.63. The number of aliphatic hydroxyl groups excluding tert-OH is 3. The molecular weight excluding hydrogens is 715 g/mol. The van der Waals surface area contributed by atoms with E-state index in [9.17, 15) is 24.9 Å². The van der Waals surface area contributed by atoms with Crippen molar-refractivity contribution in [3.8, 4) is 11.5 Å². The molecule has 2 saturated carbocycles. The highest BCUT2D eigenvalue weighted by Gasteiger charge is 2.44. The van der Waals surface area contributed by atoms with Crippen LogP contribution in [-0.4, -0.2) is 89.3 Å². The molecule has 0 heterocycles. The second kappa shape index (κ2) is 18.2. The lowest BCUT2D eigenvalue weighted by atomic mass is 9.75. The van der Waals surface area contributed by atoms with Gasteiger partial charge in [0.2, 0.25) is 11.8 Å². The zero-order chi connectivity index (χ0) is 34.1. The van der Waals surface area contributed by atoms with Gasteiger partial charge in [0.15, 0.2) is 11.5 Å². The minimum absolute atomic E-state index is 0.00203. The van der Waals surface area contributed by atoms with Crippen molar-refractivity contribution in [1.29, 1.82) is 0 Å². The zero-order valence-corrected chi connectivity index (χ0v) is 30.6. The Hall–Kier alpha value is -1.93. The smallest absolute Gasteiger partial charge is 0.249 e. The third kappa shape index (κ3) is 9.83. The van der Waals surface area contributed by atoms with Crippen LogP contribution >= 0.6 is 22.6 Å². The Bertz CT molecular complexity index is 1220. The number of hydrogen-bond donors (Lipinski definition) is 4. The van der Waals surface area contributed by atoms with Gasteiger partial charge in [-0.05, 0) is 89.8 Å². The van der Waals surface area contributed by atoms with E-state index in [1.807, 2.05) is 4.90 Å². The van der Waals surface area contributed by atoms with Crippen molar-refractivity contribution in [1.82, 2.24) is 10.2 Å². The molecule has 0 saturated heterocycles. The van der Waals surface area contributed by atoms with Gasteiger partial charge < -0.3 is 39.7 Å². The van der Waals surface area contributed by atoms with Gasteiger partial charge in [-0.3, -0.25) is 9.59 Å². The molecule has 0 spiro atoms. The number of carbonyl (C=O) groups is 2. The predicted octanol–water partition coefficient (Wildman–Crippen LogP) is 4.74. The maximum absolute atomic E-state index is 14.4. The zero-order valence-electron chi connectivity index (χ0n) is 28.5. The highest BCUT2D eigenvalue weighted by molar-refractivity contribution is 14.1. The largest absolute Gasteiger partial charge is 0.493 e. The van der Waals surface area contributed by atoms with Gasteiger partial charge in [-0.25, -0.2) is 0 Å². The van der Waals surface area contributed by atoms with Crippen LogP contribution in [0.1, 0.15) is 90.5 Å². The van der Waals surface area contributed by atoms with Crippen LogP contribution in [0.15, 0.2) is 23.8 Å². The Balaban J connectivity index is 1.68. The van der Waals surface area contributed by atoms with Crippen LogP contribution in [0.4, 0.5) is 0 Å². The van der Waals surface area contributed by atoms with Crippen LogP contribution < -0.4 is 14.8 Å². The first-order chi connectivity index (χ1) is 22.6. The van der Waals surface area contributed by atoms with Gasteiger partial charge >= 0.3 is 0 Å². The number of halogens is 1. The summed E-state index contributed by atoms with van der Waals surface area (Å²) in [6, 6.07) is 2.63. The number of amides is 2. The number of ether oxygens (including phenoxy) is 3. The first kappa shape index (κ1) is 37.9. The molecule has 6 atom stereocenters. The standard InChI is InChI=1S/C36H55IN2O8/c1-22(2)27-12-11-23(3)15-30(27)46-21-33(42)39(26-9-7-5-6-8-10-26)29-18-25(36(44)38-13-14-40)19-31(34(29)43)47-35-28(37)16-24(20-41)17-32(35)45-4/h16-17,19,22-23,26-27,29-31,34,40-41,43H,5-15,18,20-21H2,1-4H3,(H,38,44). The predicted molar refractivity (Wildman–Crippen MR) is 188 cm³/mol. The summed E-state index contributed by atoms with van der Waals surface area (Å²) in [4.78, 5) is 29.6. The Kier molecular flexibility index (Phi) is 14.6. The highest BCUT2D eigenvalue weighted by atomic mass is 127. The number of methoxy groups -OCH3 is 1. The molecule has 264 valence electrons. The number of rotatable bonds is 13.